The predicted octanol–water partition coefficient (Wildman–Crippen LogP) is 3.28. The molecule has 1 aliphatic rings. The predicted molar refractivity (Wildman–Crippen MR) is 110 cm³/mol. The van der Waals surface area contributed by atoms with Crippen molar-refractivity contribution in [3.05, 3.63) is 70.2 Å². The largest absolute Gasteiger partial charge is 0.442 e. The van der Waals surface area contributed by atoms with Crippen LogP contribution in [0.25, 0.3) is 0 Å². The summed E-state index contributed by atoms with van der Waals surface area (Å²) in [4.78, 5) is 50.8. The number of ether oxygens (including phenoxy) is 1. The Kier molecular flexibility index (Phi) is 6.52. The molecule has 0 radical (unpaired) electrons. The first-order valence-electron chi connectivity index (χ1n) is 9.46. The van der Waals surface area contributed by atoms with Crippen LogP contribution in [-0.4, -0.2) is 41.4 Å². The van der Waals surface area contributed by atoms with E-state index in [0.717, 1.165) is 4.90 Å². The normalized spacial score (nSPS) is 13.9. The standard InChI is InChI=1S/C22H21ClN2O5/c1-13(2)11-18(24-19(26)14-7-9-15(23)10-8-14)22(29)30-12-25-20(27)16-5-3-4-6-17(16)21(25)28/h3-10,13,18H,11-12H2,1-2H3,(H,24,26)/t18-/m0/s1. The highest BCUT2D eigenvalue weighted by Gasteiger charge is 2.36. The summed E-state index contributed by atoms with van der Waals surface area (Å²) >= 11 is 5.84. The highest BCUT2D eigenvalue weighted by atomic mass is 35.5. The topological polar surface area (TPSA) is 92.8 Å². The van der Waals surface area contributed by atoms with E-state index >= 15 is 0 Å². The van der Waals surface area contributed by atoms with E-state index in [-0.39, 0.29) is 17.0 Å². The fraction of sp³-hybridized carbons (Fsp3) is 0.273. The number of benzene rings is 2. The highest BCUT2D eigenvalue weighted by molar-refractivity contribution is 6.30. The lowest BCUT2D eigenvalue weighted by atomic mass is 10.0. The van der Waals surface area contributed by atoms with Gasteiger partial charge in [0.1, 0.15) is 6.04 Å². The van der Waals surface area contributed by atoms with Gasteiger partial charge in [-0.3, -0.25) is 14.4 Å². The molecule has 30 heavy (non-hydrogen) atoms. The molecule has 0 saturated heterocycles. The van der Waals surface area contributed by atoms with E-state index in [0.29, 0.717) is 17.0 Å². The van der Waals surface area contributed by atoms with Gasteiger partial charge in [-0.1, -0.05) is 37.6 Å². The van der Waals surface area contributed by atoms with Crippen LogP contribution in [0, 0.1) is 5.92 Å². The Morgan fingerprint density at radius 3 is 2.10 bits per heavy atom. The van der Waals surface area contributed by atoms with Gasteiger partial charge in [-0.05, 0) is 48.7 Å². The number of halogens is 1. The summed E-state index contributed by atoms with van der Waals surface area (Å²) in [7, 11) is 0. The summed E-state index contributed by atoms with van der Waals surface area (Å²) in [5.74, 6) is -2.12. The molecule has 8 heteroatoms. The van der Waals surface area contributed by atoms with Crippen LogP contribution >= 0.6 is 11.6 Å². The van der Waals surface area contributed by atoms with Crippen molar-refractivity contribution in [1.29, 1.82) is 0 Å². The van der Waals surface area contributed by atoms with Gasteiger partial charge in [0.05, 0.1) is 11.1 Å². The number of nitrogens with one attached hydrogen (secondary N) is 1. The summed E-state index contributed by atoms with van der Waals surface area (Å²) < 4.78 is 5.23. The van der Waals surface area contributed by atoms with Crippen molar-refractivity contribution >= 4 is 35.3 Å². The molecule has 1 atom stereocenters. The number of hydrogen-bond acceptors (Lipinski definition) is 5. The molecule has 7 nitrogen and oxygen atoms in total. The number of esters is 1. The monoisotopic (exact) mass is 428 g/mol. The summed E-state index contributed by atoms with van der Waals surface area (Å²) in [5, 5.41) is 3.15. The molecule has 1 N–H and O–H groups in total. The Balaban J connectivity index is 1.66. The van der Waals surface area contributed by atoms with E-state index in [2.05, 4.69) is 5.32 Å². The molecule has 3 amide bonds. The van der Waals surface area contributed by atoms with Gasteiger partial charge in [0.2, 0.25) is 0 Å². The third-order valence-corrected chi connectivity index (χ3v) is 4.87. The van der Waals surface area contributed by atoms with Crippen molar-refractivity contribution in [2.75, 3.05) is 6.73 Å². The van der Waals surface area contributed by atoms with Crippen LogP contribution in [0.3, 0.4) is 0 Å². The average molecular weight is 429 g/mol. The van der Waals surface area contributed by atoms with Crippen LogP contribution in [0.4, 0.5) is 0 Å². The summed E-state index contributed by atoms with van der Waals surface area (Å²) in [6.07, 6.45) is 0.334. The molecule has 0 unspecified atom stereocenters. The molecule has 3 rings (SSSR count). The van der Waals surface area contributed by atoms with Crippen LogP contribution < -0.4 is 5.32 Å². The van der Waals surface area contributed by atoms with Crippen LogP contribution in [0.1, 0.15) is 51.3 Å². The van der Waals surface area contributed by atoms with Gasteiger partial charge in [0.15, 0.2) is 6.73 Å². The smallest absolute Gasteiger partial charge is 0.330 e. The number of rotatable bonds is 7. The fourth-order valence-corrected chi connectivity index (χ4v) is 3.24. The van der Waals surface area contributed by atoms with Crippen molar-refractivity contribution in [3.8, 4) is 0 Å². The first-order chi connectivity index (χ1) is 14.3. The maximum Gasteiger partial charge on any atom is 0.330 e. The van der Waals surface area contributed by atoms with E-state index in [1.54, 1.807) is 48.5 Å². The molecule has 156 valence electrons. The zero-order valence-corrected chi connectivity index (χ0v) is 17.3. The van der Waals surface area contributed by atoms with Crippen LogP contribution in [0.2, 0.25) is 5.02 Å². The Bertz CT molecular complexity index is 952. The minimum Gasteiger partial charge on any atom is -0.442 e. The lowest BCUT2D eigenvalue weighted by Crippen LogP contribution is -2.44. The minimum absolute atomic E-state index is 0.0902. The van der Waals surface area contributed by atoms with Gasteiger partial charge < -0.3 is 10.1 Å². The first-order valence-corrected chi connectivity index (χ1v) is 9.84. The molecule has 2 aromatic rings. The van der Waals surface area contributed by atoms with E-state index in [1.807, 2.05) is 13.8 Å². The number of nitrogens with zero attached hydrogens (tertiary/aromatic N) is 1. The molecule has 0 fully saturated rings. The molecule has 0 bridgehead atoms. The van der Waals surface area contributed by atoms with Gasteiger partial charge in [-0.2, -0.15) is 0 Å². The molecule has 2 aromatic carbocycles. The highest BCUT2D eigenvalue weighted by Crippen LogP contribution is 2.22. The van der Waals surface area contributed by atoms with Gasteiger partial charge >= 0.3 is 5.97 Å². The van der Waals surface area contributed by atoms with Crippen LogP contribution in [0.15, 0.2) is 48.5 Å². The van der Waals surface area contributed by atoms with E-state index < -0.39 is 36.5 Å². The number of carbonyl (C=O) groups is 4. The zero-order valence-electron chi connectivity index (χ0n) is 16.6. The molecule has 0 aliphatic carbocycles. The van der Waals surface area contributed by atoms with Crippen molar-refractivity contribution in [2.45, 2.75) is 26.3 Å². The van der Waals surface area contributed by atoms with E-state index in [1.165, 1.54) is 0 Å². The molecule has 1 aliphatic heterocycles. The van der Waals surface area contributed by atoms with Crippen LogP contribution in [-0.2, 0) is 9.53 Å². The molecular weight excluding hydrogens is 408 g/mol. The third kappa shape index (κ3) is 4.68. The Morgan fingerprint density at radius 2 is 1.57 bits per heavy atom. The Hall–Kier alpha value is -3.19. The fourth-order valence-electron chi connectivity index (χ4n) is 3.11. The summed E-state index contributed by atoms with van der Waals surface area (Å²) in [6.45, 7) is 3.29. The zero-order chi connectivity index (χ0) is 21.8. The average Bonchev–Trinajstić information content (AvgIpc) is 2.96. The molecular formula is C22H21ClN2O5. The molecule has 0 spiro atoms. The molecule has 0 saturated carbocycles. The molecule has 0 aromatic heterocycles. The Labute approximate surface area is 179 Å². The van der Waals surface area contributed by atoms with E-state index in [9.17, 15) is 19.2 Å². The third-order valence-electron chi connectivity index (χ3n) is 4.62. The lowest BCUT2D eigenvalue weighted by Gasteiger charge is -2.21. The van der Waals surface area contributed by atoms with E-state index in [4.69, 9.17) is 16.3 Å². The maximum absolute atomic E-state index is 12.6. The molecule has 1 heterocycles. The van der Waals surface area contributed by atoms with Gasteiger partial charge in [-0.25, -0.2) is 9.69 Å². The minimum atomic E-state index is -0.927. The van der Waals surface area contributed by atoms with Gasteiger partial charge in [0.25, 0.3) is 17.7 Å². The second-order valence-corrected chi connectivity index (χ2v) is 7.78. The van der Waals surface area contributed by atoms with Crippen molar-refractivity contribution in [1.82, 2.24) is 10.2 Å². The van der Waals surface area contributed by atoms with Crippen LogP contribution in [0.5, 0.6) is 0 Å². The Morgan fingerprint density at radius 1 is 1.00 bits per heavy atom. The number of amides is 3. The maximum atomic E-state index is 12.6. The lowest BCUT2D eigenvalue weighted by molar-refractivity contribution is -0.149. The second-order valence-electron chi connectivity index (χ2n) is 7.34. The second kappa shape index (κ2) is 9.09. The quantitative estimate of drug-likeness (QED) is 0.539. The number of imide groups is 1. The van der Waals surface area contributed by atoms with Crippen molar-refractivity contribution < 1.29 is 23.9 Å². The first kappa shape index (κ1) is 21.5. The number of fused-ring (bicyclic) bond motifs is 1. The SMILES string of the molecule is CC(C)C[C@H](NC(=O)c1ccc(Cl)cc1)C(=O)OCN1C(=O)c2ccccc2C1=O. The number of carbonyl (C=O) groups excluding carboxylic acids is 4. The summed E-state index contributed by atoms with van der Waals surface area (Å²) in [5.41, 5.74) is 0.892. The van der Waals surface area contributed by atoms with Gasteiger partial charge in [0, 0.05) is 10.6 Å². The van der Waals surface area contributed by atoms with Crippen molar-refractivity contribution in [3.63, 3.8) is 0 Å². The van der Waals surface area contributed by atoms with Crippen molar-refractivity contribution in [2.24, 2.45) is 5.92 Å². The van der Waals surface area contributed by atoms with Gasteiger partial charge in [-0.15, -0.1) is 0 Å². The number of hydrogen-bond donors (Lipinski definition) is 1. The summed E-state index contributed by atoms with van der Waals surface area (Å²) in [6, 6.07) is 11.7.